The largest absolute Gasteiger partial charge is 0.381 e. The van der Waals surface area contributed by atoms with Gasteiger partial charge in [0.2, 0.25) is 5.95 Å². The lowest BCUT2D eigenvalue weighted by Gasteiger charge is -1.92. The van der Waals surface area contributed by atoms with E-state index in [0.29, 0.717) is 0 Å². The maximum atomic E-state index is 12.3. The second-order valence-electron chi connectivity index (χ2n) is 2.95. The lowest BCUT2D eigenvalue weighted by atomic mass is 10.4. The van der Waals surface area contributed by atoms with Crippen molar-refractivity contribution in [3.8, 4) is 0 Å². The van der Waals surface area contributed by atoms with Gasteiger partial charge in [-0.3, -0.25) is 0 Å². The molecular formula is C11H10Cl2F3N3. The summed E-state index contributed by atoms with van der Waals surface area (Å²) in [5.41, 5.74) is 5.04. The molecule has 19 heavy (non-hydrogen) atoms. The Balaban J connectivity index is 0.000000324. The lowest BCUT2D eigenvalue weighted by Crippen LogP contribution is -1.92. The molecule has 0 atom stereocenters. The molecular weight excluding hydrogens is 302 g/mol. The Labute approximate surface area is 118 Å². The molecule has 2 heterocycles. The van der Waals surface area contributed by atoms with Crippen LogP contribution in [0.2, 0.25) is 10.0 Å². The molecule has 2 rings (SSSR count). The summed E-state index contributed by atoms with van der Waals surface area (Å²) in [4.78, 5) is 6.45. The number of aromatic nitrogens is 2. The van der Waals surface area contributed by atoms with Gasteiger partial charge in [-0.25, -0.2) is 18.7 Å². The van der Waals surface area contributed by atoms with Gasteiger partial charge in [0, 0.05) is 12.4 Å². The molecule has 0 aromatic carbocycles. The average molecular weight is 312 g/mol. The summed E-state index contributed by atoms with van der Waals surface area (Å²) in [7, 11) is 0. The minimum Gasteiger partial charge on any atom is -0.381 e. The molecule has 8 heteroatoms. The molecule has 0 aliphatic heterocycles. The maximum absolute atomic E-state index is 12.3. The summed E-state index contributed by atoms with van der Waals surface area (Å²) in [6.07, 6.45) is 2.33. The van der Waals surface area contributed by atoms with Gasteiger partial charge in [-0.15, -0.1) is 0 Å². The molecule has 0 amide bonds. The fourth-order valence-corrected chi connectivity index (χ4v) is 1.11. The minimum absolute atomic E-state index is 0. The average Bonchev–Trinajstić information content (AvgIpc) is 2.30. The van der Waals surface area contributed by atoms with Crippen molar-refractivity contribution in [1.29, 1.82) is 0 Å². The van der Waals surface area contributed by atoms with Crippen LogP contribution in [0.3, 0.4) is 0 Å². The van der Waals surface area contributed by atoms with E-state index in [4.69, 9.17) is 28.9 Å². The molecule has 0 saturated heterocycles. The highest BCUT2D eigenvalue weighted by atomic mass is 35.5. The third-order valence-corrected chi connectivity index (χ3v) is 2.01. The highest BCUT2D eigenvalue weighted by Crippen LogP contribution is 2.11. The zero-order chi connectivity index (χ0) is 13.7. The number of halogens is 5. The highest BCUT2D eigenvalue weighted by Gasteiger charge is 2.00. The number of pyridine rings is 2. The molecule has 2 aromatic heterocycles. The van der Waals surface area contributed by atoms with E-state index < -0.39 is 17.6 Å². The summed E-state index contributed by atoms with van der Waals surface area (Å²) < 4.78 is 36.3. The van der Waals surface area contributed by atoms with E-state index in [1.807, 2.05) is 0 Å². The van der Waals surface area contributed by atoms with Crippen LogP contribution in [0.1, 0.15) is 7.43 Å². The van der Waals surface area contributed by atoms with E-state index in [0.717, 1.165) is 18.3 Å². The standard InChI is InChI=1S/C5H2ClF2N.C5H4ClFN2.CH4/c2*6-3-1-4(7)5(8)9-2-3;/h1-2H;1-2H,(H2,8,9);1H4. The van der Waals surface area contributed by atoms with E-state index in [9.17, 15) is 13.2 Å². The molecule has 2 N–H and O–H groups in total. The molecule has 0 aliphatic carbocycles. The van der Waals surface area contributed by atoms with Crippen LogP contribution in [-0.4, -0.2) is 9.97 Å². The molecule has 0 aliphatic rings. The molecule has 0 saturated carbocycles. The third kappa shape index (κ3) is 5.76. The third-order valence-electron chi connectivity index (χ3n) is 1.60. The highest BCUT2D eigenvalue weighted by molar-refractivity contribution is 6.30. The fourth-order valence-electron chi connectivity index (χ4n) is 0.823. The Kier molecular flexibility index (Phi) is 7.18. The smallest absolute Gasteiger partial charge is 0.248 e. The summed E-state index contributed by atoms with van der Waals surface area (Å²) in [5, 5.41) is 0.343. The van der Waals surface area contributed by atoms with Gasteiger partial charge in [0.25, 0.3) is 0 Å². The van der Waals surface area contributed by atoms with Crippen LogP contribution < -0.4 is 5.73 Å². The molecule has 2 aromatic rings. The Bertz CT molecular complexity index is 503. The number of nitrogen functional groups attached to an aromatic ring is 1. The Morgan fingerprint density at radius 1 is 0.895 bits per heavy atom. The van der Waals surface area contributed by atoms with E-state index in [2.05, 4.69) is 9.97 Å². The number of hydrogen-bond donors (Lipinski definition) is 1. The first-order valence-corrected chi connectivity index (χ1v) is 5.19. The van der Waals surface area contributed by atoms with Crippen molar-refractivity contribution >= 4 is 29.0 Å². The monoisotopic (exact) mass is 311 g/mol. The topological polar surface area (TPSA) is 51.8 Å². The van der Waals surface area contributed by atoms with E-state index in [1.54, 1.807) is 0 Å². The number of anilines is 1. The van der Waals surface area contributed by atoms with Gasteiger partial charge in [-0.1, -0.05) is 30.6 Å². The summed E-state index contributed by atoms with van der Waals surface area (Å²) in [5.74, 6) is -2.86. The Hall–Kier alpha value is -1.53. The van der Waals surface area contributed by atoms with Crippen molar-refractivity contribution in [2.75, 3.05) is 5.73 Å². The van der Waals surface area contributed by atoms with Crippen LogP contribution in [0, 0.1) is 17.6 Å². The summed E-state index contributed by atoms with van der Waals surface area (Å²) in [6.45, 7) is 0. The molecule has 0 bridgehead atoms. The number of nitrogens with zero attached hydrogens (tertiary/aromatic N) is 2. The number of nitrogens with two attached hydrogens (primary N) is 1. The zero-order valence-corrected chi connectivity index (χ0v) is 10.2. The van der Waals surface area contributed by atoms with Gasteiger partial charge in [0.1, 0.15) is 0 Å². The van der Waals surface area contributed by atoms with Crippen molar-refractivity contribution < 1.29 is 13.2 Å². The number of rotatable bonds is 0. The van der Waals surface area contributed by atoms with Crippen LogP contribution >= 0.6 is 23.2 Å². The van der Waals surface area contributed by atoms with Gasteiger partial charge in [0.05, 0.1) is 10.0 Å². The van der Waals surface area contributed by atoms with Gasteiger partial charge >= 0.3 is 0 Å². The fraction of sp³-hybridized carbons (Fsp3) is 0.0909. The van der Waals surface area contributed by atoms with Gasteiger partial charge in [0.15, 0.2) is 17.5 Å². The SMILES string of the molecule is C.Fc1cc(Cl)cnc1F.Nc1ncc(Cl)cc1F. The first-order valence-electron chi connectivity index (χ1n) is 4.43. The lowest BCUT2D eigenvalue weighted by molar-refractivity contribution is 0.479. The molecule has 0 spiro atoms. The van der Waals surface area contributed by atoms with E-state index >= 15 is 0 Å². The van der Waals surface area contributed by atoms with Crippen molar-refractivity contribution in [1.82, 2.24) is 9.97 Å². The van der Waals surface area contributed by atoms with Crippen LogP contribution in [-0.2, 0) is 0 Å². The summed E-state index contributed by atoms with van der Waals surface area (Å²) in [6, 6.07) is 1.98. The Morgan fingerprint density at radius 2 is 1.37 bits per heavy atom. The van der Waals surface area contributed by atoms with E-state index in [1.165, 1.54) is 6.20 Å². The van der Waals surface area contributed by atoms with Gasteiger partial charge < -0.3 is 5.73 Å². The molecule has 3 nitrogen and oxygen atoms in total. The minimum atomic E-state index is -1.13. The van der Waals surface area contributed by atoms with Crippen LogP contribution in [0.25, 0.3) is 0 Å². The predicted octanol–water partition coefficient (Wildman–Crippen LogP) is 4.11. The van der Waals surface area contributed by atoms with Crippen LogP contribution in [0.4, 0.5) is 19.0 Å². The van der Waals surface area contributed by atoms with Crippen LogP contribution in [0.5, 0.6) is 0 Å². The first-order chi connectivity index (χ1) is 8.40. The first kappa shape index (κ1) is 17.5. The van der Waals surface area contributed by atoms with Gasteiger partial charge in [-0.05, 0) is 12.1 Å². The normalized spacial score (nSPS) is 9.11. The summed E-state index contributed by atoms with van der Waals surface area (Å²) >= 11 is 10.6. The van der Waals surface area contributed by atoms with Crippen LogP contribution in [0.15, 0.2) is 24.5 Å². The number of hydrogen-bond acceptors (Lipinski definition) is 3. The molecule has 0 unspecified atom stereocenters. The van der Waals surface area contributed by atoms with Crippen molar-refractivity contribution in [2.24, 2.45) is 0 Å². The predicted molar refractivity (Wildman–Crippen MR) is 69.5 cm³/mol. The maximum Gasteiger partial charge on any atom is 0.248 e. The second kappa shape index (κ2) is 7.81. The molecule has 0 radical (unpaired) electrons. The van der Waals surface area contributed by atoms with E-state index in [-0.39, 0.29) is 23.3 Å². The second-order valence-corrected chi connectivity index (χ2v) is 3.82. The van der Waals surface area contributed by atoms with Crippen molar-refractivity contribution in [3.63, 3.8) is 0 Å². The van der Waals surface area contributed by atoms with Gasteiger partial charge in [-0.2, -0.15) is 4.39 Å². The zero-order valence-electron chi connectivity index (χ0n) is 8.67. The Morgan fingerprint density at radius 3 is 1.74 bits per heavy atom. The van der Waals surface area contributed by atoms with Crippen molar-refractivity contribution in [2.45, 2.75) is 7.43 Å². The molecule has 0 fully saturated rings. The molecule has 104 valence electrons. The quantitative estimate of drug-likeness (QED) is 0.745. The van der Waals surface area contributed by atoms with Crippen molar-refractivity contribution in [3.05, 3.63) is 52.2 Å².